The van der Waals surface area contributed by atoms with Crippen LogP contribution in [0.5, 0.6) is 0 Å². The lowest BCUT2D eigenvalue weighted by Gasteiger charge is -2.03. The Kier molecular flexibility index (Phi) is 13.1. The van der Waals surface area contributed by atoms with Gasteiger partial charge in [-0.15, -0.1) is 6.58 Å². The van der Waals surface area contributed by atoms with E-state index in [0.717, 1.165) is 29.8 Å². The van der Waals surface area contributed by atoms with Crippen molar-refractivity contribution in [2.24, 2.45) is 0 Å². The smallest absolute Gasteiger partial charge is 0.307 e. The van der Waals surface area contributed by atoms with E-state index in [2.05, 4.69) is 6.58 Å². The molecule has 3 aromatic carbocycles. The van der Waals surface area contributed by atoms with Crippen LogP contribution in [0.3, 0.4) is 0 Å². The van der Waals surface area contributed by atoms with Crippen molar-refractivity contribution in [3.63, 3.8) is 0 Å². The average molecular weight is 608 g/mol. The van der Waals surface area contributed by atoms with Crippen molar-refractivity contribution < 1.29 is 23.1 Å². The van der Waals surface area contributed by atoms with E-state index >= 15 is 0 Å². The molecule has 12 heteroatoms. The first kappa shape index (κ1) is 31.2. The van der Waals surface area contributed by atoms with Gasteiger partial charge >= 0.3 is 5.97 Å². The molecule has 0 bridgehead atoms. The quantitative estimate of drug-likeness (QED) is 0.229. The lowest BCUT2D eigenvalue weighted by atomic mass is 10.1. The third-order valence-corrected chi connectivity index (χ3v) is 5.91. The number of nitrogens with two attached hydrogens (primary N) is 1. The Labute approximate surface area is 229 Å². The van der Waals surface area contributed by atoms with Gasteiger partial charge in [-0.3, -0.25) is 4.79 Å². The van der Waals surface area contributed by atoms with Gasteiger partial charge in [0.2, 0.25) is 0 Å². The molecule has 0 radical (unpaired) electrons. The largest absolute Gasteiger partial charge is 0.481 e. The Hall–Kier alpha value is -1.80. The molecule has 0 saturated heterocycles. The van der Waals surface area contributed by atoms with Crippen LogP contribution in [0, 0.1) is 17.5 Å². The molecule has 0 unspecified atom stereocenters. The highest BCUT2D eigenvalue weighted by Crippen LogP contribution is 2.28. The van der Waals surface area contributed by atoms with Crippen molar-refractivity contribution in [2.75, 3.05) is 5.73 Å². The zero-order valence-corrected chi connectivity index (χ0v) is 22.0. The van der Waals surface area contributed by atoms with Crippen molar-refractivity contribution in [3.8, 4) is 0 Å². The van der Waals surface area contributed by atoms with E-state index in [4.69, 9.17) is 80.4 Å². The summed E-state index contributed by atoms with van der Waals surface area (Å²) in [5, 5.41) is 9.52. The Bertz CT molecular complexity index is 1150. The van der Waals surface area contributed by atoms with Gasteiger partial charge in [-0.05, 0) is 48.4 Å². The van der Waals surface area contributed by atoms with Crippen molar-refractivity contribution >= 4 is 81.3 Å². The number of anilines is 1. The molecule has 0 heterocycles. The number of halogens is 9. The van der Waals surface area contributed by atoms with Gasteiger partial charge in [0.05, 0.1) is 22.2 Å². The molecule has 0 aliphatic heterocycles. The lowest BCUT2D eigenvalue weighted by Crippen LogP contribution is -2.01. The third-order valence-electron chi connectivity index (χ3n) is 3.93. The Balaban J connectivity index is 0.000000265. The van der Waals surface area contributed by atoms with Crippen LogP contribution in [0.1, 0.15) is 11.1 Å². The van der Waals surface area contributed by atoms with Crippen LogP contribution < -0.4 is 5.73 Å². The van der Waals surface area contributed by atoms with Crippen LogP contribution >= 0.6 is 69.6 Å². The van der Waals surface area contributed by atoms with E-state index in [-0.39, 0.29) is 37.8 Å². The molecule has 188 valence electrons. The van der Waals surface area contributed by atoms with Gasteiger partial charge in [0.1, 0.15) is 17.5 Å². The number of carboxylic acids is 1. The molecule has 0 atom stereocenters. The fraction of sp³-hybridized carbons (Fsp3) is 0.0870. The fourth-order valence-electron chi connectivity index (χ4n) is 2.36. The molecule has 0 fully saturated rings. The number of hydrogen-bond acceptors (Lipinski definition) is 2. The van der Waals surface area contributed by atoms with Gasteiger partial charge in [0.25, 0.3) is 0 Å². The van der Waals surface area contributed by atoms with Crippen LogP contribution in [0.2, 0.25) is 30.1 Å². The number of hydrogen-bond donors (Lipinski definition) is 2. The number of allylic oxidation sites excluding steroid dienone is 1. The summed E-state index contributed by atoms with van der Waals surface area (Å²) < 4.78 is 37.7. The maximum Gasteiger partial charge on any atom is 0.307 e. The van der Waals surface area contributed by atoms with Crippen LogP contribution in [0.25, 0.3) is 0 Å². The standard InChI is InChI=1S/C9H7Cl2F.C8H5Cl2FO2.C6H4Cl2FN/c1-2-3-7-8(10)4-6(12)5-9(7)11;9-6-1-4(11)2-7(10)5(6)3-8(12)13;7-4-1-3(9)2-5(8)6(4)10/h2,4-5H,1,3H2;1-2H,3H2,(H,12,13);1-2H,10H2. The summed E-state index contributed by atoms with van der Waals surface area (Å²) in [5.74, 6) is -2.54. The van der Waals surface area contributed by atoms with Crippen molar-refractivity contribution in [3.05, 3.63) is 108 Å². The predicted octanol–water partition coefficient (Wildman–Crippen LogP) is 9.34. The molecule has 0 aliphatic rings. The summed E-state index contributed by atoms with van der Waals surface area (Å²) in [6, 6.07) is 6.78. The predicted molar refractivity (Wildman–Crippen MR) is 139 cm³/mol. The molecule has 0 saturated carbocycles. The van der Waals surface area contributed by atoms with Crippen LogP contribution in [-0.4, -0.2) is 11.1 Å². The van der Waals surface area contributed by atoms with Gasteiger partial charge in [-0.1, -0.05) is 75.7 Å². The van der Waals surface area contributed by atoms with Gasteiger partial charge < -0.3 is 10.8 Å². The second-order valence-corrected chi connectivity index (χ2v) is 8.99. The van der Waals surface area contributed by atoms with Gasteiger partial charge in [0.15, 0.2) is 0 Å². The van der Waals surface area contributed by atoms with E-state index in [9.17, 15) is 18.0 Å². The summed E-state index contributed by atoms with van der Waals surface area (Å²) in [7, 11) is 0. The topological polar surface area (TPSA) is 63.3 Å². The summed E-state index contributed by atoms with van der Waals surface area (Å²) in [6.07, 6.45) is 1.92. The summed E-state index contributed by atoms with van der Waals surface area (Å²) >= 11 is 33.6. The Morgan fingerprint density at radius 1 is 0.743 bits per heavy atom. The number of carboxylic acid groups (broad SMARTS) is 1. The normalized spacial score (nSPS) is 9.97. The molecule has 3 N–H and O–H groups in total. The minimum Gasteiger partial charge on any atom is -0.481 e. The fourth-order valence-corrected chi connectivity index (χ4v) is 4.03. The van der Waals surface area contributed by atoms with E-state index < -0.39 is 23.4 Å². The molecule has 0 amide bonds. The van der Waals surface area contributed by atoms with Crippen LogP contribution in [0.4, 0.5) is 18.9 Å². The number of carbonyl (C=O) groups is 1. The summed E-state index contributed by atoms with van der Waals surface area (Å²) in [4.78, 5) is 10.3. The molecule has 35 heavy (non-hydrogen) atoms. The first-order valence-electron chi connectivity index (χ1n) is 9.26. The molecular formula is C23H16Cl6F3NO2. The Morgan fingerprint density at radius 2 is 1.06 bits per heavy atom. The molecular weight excluding hydrogens is 592 g/mol. The summed E-state index contributed by atoms with van der Waals surface area (Å²) in [5.41, 5.74) is 6.48. The monoisotopic (exact) mass is 605 g/mol. The lowest BCUT2D eigenvalue weighted by molar-refractivity contribution is -0.136. The second kappa shape index (κ2) is 14.7. The van der Waals surface area contributed by atoms with Gasteiger partial charge in [-0.2, -0.15) is 0 Å². The summed E-state index contributed by atoms with van der Waals surface area (Å²) in [6.45, 7) is 3.55. The van der Waals surface area contributed by atoms with Gasteiger partial charge in [-0.25, -0.2) is 13.2 Å². The first-order chi connectivity index (χ1) is 16.3. The van der Waals surface area contributed by atoms with Crippen LogP contribution in [-0.2, 0) is 17.6 Å². The molecule has 3 rings (SSSR count). The zero-order valence-electron chi connectivity index (χ0n) is 17.5. The van der Waals surface area contributed by atoms with E-state index in [1.807, 2.05) is 0 Å². The average Bonchev–Trinajstić information content (AvgIpc) is 2.72. The van der Waals surface area contributed by atoms with Crippen molar-refractivity contribution in [1.82, 2.24) is 0 Å². The third kappa shape index (κ3) is 10.4. The highest BCUT2D eigenvalue weighted by atomic mass is 35.5. The number of rotatable bonds is 4. The van der Waals surface area contributed by atoms with E-state index in [0.29, 0.717) is 16.5 Å². The molecule has 3 aromatic rings. The first-order valence-corrected chi connectivity index (χ1v) is 11.5. The molecule has 3 nitrogen and oxygen atoms in total. The van der Waals surface area contributed by atoms with Crippen LogP contribution in [0.15, 0.2) is 49.1 Å². The maximum atomic E-state index is 12.7. The van der Waals surface area contributed by atoms with Crippen molar-refractivity contribution in [1.29, 1.82) is 0 Å². The number of aliphatic carboxylic acids is 1. The Morgan fingerprint density at radius 3 is 1.37 bits per heavy atom. The van der Waals surface area contributed by atoms with E-state index in [1.54, 1.807) is 6.08 Å². The molecule has 0 spiro atoms. The highest BCUT2D eigenvalue weighted by molar-refractivity contribution is 6.39. The number of benzene rings is 3. The minimum atomic E-state index is -1.06. The van der Waals surface area contributed by atoms with Crippen molar-refractivity contribution in [2.45, 2.75) is 12.8 Å². The molecule has 0 aromatic heterocycles. The minimum absolute atomic E-state index is 0.0346. The molecule has 0 aliphatic carbocycles. The zero-order chi connectivity index (χ0) is 26.9. The maximum absolute atomic E-state index is 12.7. The highest BCUT2D eigenvalue weighted by Gasteiger charge is 2.11. The van der Waals surface area contributed by atoms with E-state index in [1.165, 1.54) is 12.1 Å². The van der Waals surface area contributed by atoms with Gasteiger partial charge in [0, 0.05) is 25.7 Å². The second-order valence-electron chi connectivity index (χ2n) is 6.54. The number of nitrogen functional groups attached to an aromatic ring is 1. The SMILES string of the molecule is C=CCc1c(Cl)cc(F)cc1Cl.Nc1c(Cl)cc(F)cc1Cl.O=C(O)Cc1c(Cl)cc(F)cc1Cl.